The van der Waals surface area contributed by atoms with Crippen molar-refractivity contribution in [3.8, 4) is 34.2 Å². The molecule has 0 saturated heterocycles. The van der Waals surface area contributed by atoms with Crippen molar-refractivity contribution in [1.82, 2.24) is 59.9 Å². The van der Waals surface area contributed by atoms with Crippen LogP contribution in [0.1, 0.15) is 81.3 Å². The van der Waals surface area contributed by atoms with Crippen molar-refractivity contribution in [2.75, 3.05) is 55.6 Å². The summed E-state index contributed by atoms with van der Waals surface area (Å²) in [5, 5.41) is 31.2. The average Bonchev–Trinajstić information content (AvgIpc) is 1.63. The maximum Gasteiger partial charge on any atom is 0.413 e. The van der Waals surface area contributed by atoms with Crippen LogP contribution in [0.5, 0.6) is 0 Å². The summed E-state index contributed by atoms with van der Waals surface area (Å²) in [6.07, 6.45) is -6.59. The van der Waals surface area contributed by atoms with Crippen LogP contribution < -0.4 is 30.1 Å². The largest absolute Gasteiger partial charge is 0.441 e. The quantitative estimate of drug-likeness (QED) is 0.0305. The number of rotatable bonds is 20. The zero-order valence-electron chi connectivity index (χ0n) is 55.3. The van der Waals surface area contributed by atoms with Gasteiger partial charge in [-0.2, -0.15) is 0 Å². The molecule has 0 saturated carbocycles. The molecule has 98 heavy (non-hydrogen) atoms. The molecule has 6 aromatic heterocycles. The highest BCUT2D eigenvalue weighted by Gasteiger charge is 2.31. The summed E-state index contributed by atoms with van der Waals surface area (Å²) in [4.78, 5) is 50.6. The van der Waals surface area contributed by atoms with E-state index in [1.165, 1.54) is 52.8 Å². The summed E-state index contributed by atoms with van der Waals surface area (Å²) in [5.41, 5.74) is 8.27. The number of anilines is 6. The number of aromatic nitrogens is 12. The van der Waals surface area contributed by atoms with Gasteiger partial charge in [0.2, 0.25) is 30.1 Å². The number of nitrogens with zero attached hydrogens (tertiary/aromatic N) is 12. The Bertz CT molecular complexity index is 4790. The number of carbonyl (C=O) groups is 3. The Morgan fingerprint density at radius 2 is 0.878 bits per heavy atom. The highest BCUT2D eigenvalue weighted by atomic mass is 32.2. The van der Waals surface area contributed by atoms with Gasteiger partial charge in [-0.05, 0) is 121 Å². The summed E-state index contributed by atoms with van der Waals surface area (Å²) in [6, 6.07) is 25.8. The Hall–Kier alpha value is -10.7. The Balaban J connectivity index is 0.000000207. The lowest BCUT2D eigenvalue weighted by Gasteiger charge is -2.19. The van der Waals surface area contributed by atoms with E-state index in [-0.39, 0.29) is 34.4 Å². The first kappa shape index (κ1) is 74.7. The van der Waals surface area contributed by atoms with Crippen LogP contribution in [0.3, 0.4) is 0 Å². The van der Waals surface area contributed by atoms with Gasteiger partial charge in [-0.1, -0.05) is 80.9 Å². The first-order chi connectivity index (χ1) is 45.9. The fourth-order valence-corrected chi connectivity index (χ4v) is 11.1. The molecule has 0 aliphatic carbocycles. The van der Waals surface area contributed by atoms with E-state index < -0.39 is 91.1 Å². The molecule has 0 aliphatic rings. The number of amides is 3. The lowest BCUT2D eigenvalue weighted by molar-refractivity contribution is -0.0160. The molecule has 0 unspecified atom stereocenters. The van der Waals surface area contributed by atoms with Crippen LogP contribution in [-0.2, 0) is 65.4 Å². The number of benzene rings is 3. The van der Waals surface area contributed by atoms with Gasteiger partial charge >= 0.3 is 18.3 Å². The molecule has 522 valence electrons. The zero-order valence-corrected chi connectivity index (χ0v) is 57.7. The number of pyridine rings is 3. The summed E-state index contributed by atoms with van der Waals surface area (Å²) in [7, 11) is -5.80. The van der Waals surface area contributed by atoms with Crippen molar-refractivity contribution in [1.29, 1.82) is 0 Å². The van der Waals surface area contributed by atoms with Crippen LogP contribution >= 0.6 is 0 Å². The number of hydrogen-bond donors (Lipinski definition) is 6. The minimum absolute atomic E-state index is 0.0292. The van der Waals surface area contributed by atoms with Crippen LogP contribution in [0, 0.1) is 54.3 Å². The maximum atomic E-state index is 14.1. The van der Waals surface area contributed by atoms with Crippen molar-refractivity contribution >= 4 is 82.9 Å². The van der Waals surface area contributed by atoms with Crippen molar-refractivity contribution < 1.29 is 71.4 Å². The van der Waals surface area contributed by atoms with Gasteiger partial charge in [-0.15, -0.1) is 15.3 Å². The number of alkyl halides is 3. The predicted octanol–water partition coefficient (Wildman–Crippen LogP) is 10.2. The van der Waals surface area contributed by atoms with E-state index in [2.05, 4.69) is 76.0 Å². The van der Waals surface area contributed by atoms with Crippen LogP contribution in [0.15, 0.2) is 97.1 Å². The molecule has 9 rings (SSSR count). The molecule has 0 aliphatic heterocycles. The summed E-state index contributed by atoms with van der Waals surface area (Å²) < 4.78 is 150. The number of nitrogens with one attached hydrogen (secondary N) is 6. The Kier molecular flexibility index (Phi) is 24.0. The smallest absolute Gasteiger partial charge is 0.413 e. The number of hydrogen-bond acceptors (Lipinski definition) is 21. The van der Waals surface area contributed by atoms with Crippen LogP contribution in [0.2, 0.25) is 0 Å². The van der Waals surface area contributed by atoms with E-state index in [1.807, 2.05) is 52.0 Å². The van der Waals surface area contributed by atoms with Gasteiger partial charge in [0.1, 0.15) is 18.6 Å². The van der Waals surface area contributed by atoms with Gasteiger partial charge in [-0.25, -0.2) is 86.2 Å². The molecule has 0 fully saturated rings. The summed E-state index contributed by atoms with van der Waals surface area (Å²) in [5.74, 6) is -0.473. The molecular weight excluding hydrogens is 1350 g/mol. The fourth-order valence-electron chi connectivity index (χ4n) is 9.25. The third kappa shape index (κ3) is 20.4. The van der Waals surface area contributed by atoms with Gasteiger partial charge in [0.05, 0.1) is 70.0 Å². The molecule has 6 N–H and O–H groups in total. The monoisotopic (exact) mass is 1420 g/mol. The summed E-state index contributed by atoms with van der Waals surface area (Å²) in [6.45, 7) is 13.2. The highest BCUT2D eigenvalue weighted by Crippen LogP contribution is 2.33. The van der Waals surface area contributed by atoms with Crippen molar-refractivity contribution in [2.45, 2.75) is 80.1 Å². The first-order valence-corrected chi connectivity index (χ1v) is 34.8. The van der Waals surface area contributed by atoms with Gasteiger partial charge in [0, 0.05) is 26.7 Å². The number of ether oxygens (including phenoxy) is 3. The molecule has 3 aromatic carbocycles. The average molecular weight is 1420 g/mol. The molecular formula is C61H70F4N18O12S3. The van der Waals surface area contributed by atoms with Crippen molar-refractivity contribution in [3.05, 3.63) is 159 Å². The molecule has 3 atom stereocenters. The Morgan fingerprint density at radius 3 is 1.26 bits per heavy atom. The SMILES string of the molecule is Cc1ccc(C)c([C@@H](C)OC(=O)Nc2c(-c3ccc(NS(C)(=O)=O)c(C)n3)nnn2C)c1.Cc1ccc(F)c([C@H](OC(=O)Nc2c(-c3ccc(NS(C)(=O)=O)c(C)n3)nnn2C)C(F)F)c1.Cc1cccc([C@@H](CF)OC(=O)Nc2c(-c3ccc(NS(C)(=O)=O)c(C)n3)nnn2C)c1. The van der Waals surface area contributed by atoms with Gasteiger partial charge in [-0.3, -0.25) is 30.1 Å². The fraction of sp³-hybridized carbons (Fsp3) is 0.311. The molecule has 3 amide bonds. The number of sulfonamides is 3. The molecule has 9 aromatic rings. The van der Waals surface area contributed by atoms with Crippen molar-refractivity contribution in [2.24, 2.45) is 21.1 Å². The predicted molar refractivity (Wildman–Crippen MR) is 357 cm³/mol. The normalized spacial score (nSPS) is 12.4. The van der Waals surface area contributed by atoms with E-state index in [4.69, 9.17) is 14.2 Å². The molecule has 0 bridgehead atoms. The van der Waals surface area contributed by atoms with Gasteiger partial charge in [0.15, 0.2) is 46.7 Å². The van der Waals surface area contributed by atoms with Crippen molar-refractivity contribution in [3.63, 3.8) is 0 Å². The lowest BCUT2D eigenvalue weighted by atomic mass is 10.0. The third-order valence-electron chi connectivity index (χ3n) is 13.9. The summed E-state index contributed by atoms with van der Waals surface area (Å²) >= 11 is 0. The molecule has 6 heterocycles. The van der Waals surface area contributed by atoms with E-state index >= 15 is 0 Å². The van der Waals surface area contributed by atoms with E-state index in [1.54, 1.807) is 72.1 Å². The van der Waals surface area contributed by atoms with E-state index in [0.717, 1.165) is 51.8 Å². The standard InChI is InChI=1S/C21H26N6O4S.C20H21F3N6O4S.C20H23FN6O4S/c1-12-7-8-13(2)16(11-12)15(4)31-21(28)23-20-19(24-26-27(20)5)18-10-9-17(14(3)22-18)25-32(6,29)30;1-10-5-6-13(21)12(9-10)17(18(22)23)33-20(30)25-19-16(26-28-29(19)3)15-8-7-14(11(2)24-15)27-34(4,31)32;1-12-6-5-7-14(10-12)17(11-21)31-20(28)23-19-18(24-26-27(19)3)16-9-8-15(13(2)22-16)25-32(4,29)30/h7-11,15,25H,1-6H3,(H,23,28);5-9,17-18,27H,1-4H3,(H,25,30);5-10,17,25H,11H2,1-4H3,(H,23,28)/t15-;2*17-/m101/s1. The minimum Gasteiger partial charge on any atom is -0.441 e. The topological polar surface area (TPSA) is 384 Å². The van der Waals surface area contributed by atoms with Crippen LogP contribution in [-0.4, -0.2) is 135 Å². The third-order valence-corrected chi connectivity index (χ3v) is 15.7. The number of aryl methyl sites for hydroxylation is 10. The molecule has 0 radical (unpaired) electrons. The molecule has 37 heteroatoms. The molecule has 30 nitrogen and oxygen atoms in total. The number of halogens is 4. The van der Waals surface area contributed by atoms with E-state index in [9.17, 15) is 57.2 Å². The lowest BCUT2D eigenvalue weighted by Crippen LogP contribution is -2.24. The van der Waals surface area contributed by atoms with Crippen LogP contribution in [0.4, 0.5) is 66.5 Å². The second-order valence-electron chi connectivity index (χ2n) is 22.3. The zero-order chi connectivity index (χ0) is 72.3. The molecule has 0 spiro atoms. The van der Waals surface area contributed by atoms with Gasteiger partial charge in [0.25, 0.3) is 6.43 Å². The van der Waals surface area contributed by atoms with E-state index in [0.29, 0.717) is 62.5 Å². The second kappa shape index (κ2) is 31.5. The second-order valence-corrected chi connectivity index (χ2v) is 27.5. The maximum absolute atomic E-state index is 14.1. The van der Waals surface area contributed by atoms with Gasteiger partial charge < -0.3 is 14.2 Å². The Labute approximate surface area is 561 Å². The van der Waals surface area contributed by atoms with Crippen LogP contribution in [0.25, 0.3) is 34.2 Å². The highest BCUT2D eigenvalue weighted by molar-refractivity contribution is 7.92. The minimum atomic E-state index is -3.53. The number of carbonyl (C=O) groups excluding carboxylic acids is 3. The first-order valence-electron chi connectivity index (χ1n) is 29.1. The Morgan fingerprint density at radius 1 is 0.500 bits per heavy atom.